The zero-order chi connectivity index (χ0) is 12.9. The lowest BCUT2D eigenvalue weighted by atomic mass is 10.2. The van der Waals surface area contributed by atoms with Crippen molar-refractivity contribution in [3.8, 4) is 0 Å². The van der Waals surface area contributed by atoms with Crippen LogP contribution in [0.1, 0.15) is 39.5 Å². The molecule has 17 heavy (non-hydrogen) atoms. The number of hydrogen-bond acceptors (Lipinski definition) is 3. The summed E-state index contributed by atoms with van der Waals surface area (Å²) in [6.45, 7) is 4.53. The number of aliphatic hydroxyl groups is 2. The molecule has 0 bridgehead atoms. The summed E-state index contributed by atoms with van der Waals surface area (Å²) >= 11 is 0. The third kappa shape index (κ3) is 11.6. The van der Waals surface area contributed by atoms with Crippen molar-refractivity contribution in [3.05, 3.63) is 24.3 Å². The highest BCUT2D eigenvalue weighted by molar-refractivity contribution is 4.78. The van der Waals surface area contributed by atoms with E-state index in [0.29, 0.717) is 26.1 Å². The van der Waals surface area contributed by atoms with Crippen LogP contribution in [-0.2, 0) is 4.74 Å². The van der Waals surface area contributed by atoms with Crippen molar-refractivity contribution in [1.82, 2.24) is 0 Å². The minimum Gasteiger partial charge on any atom is -0.391 e. The van der Waals surface area contributed by atoms with Gasteiger partial charge in [0.2, 0.25) is 0 Å². The minimum absolute atomic E-state index is 0.304. The van der Waals surface area contributed by atoms with E-state index in [1.165, 1.54) is 0 Å². The van der Waals surface area contributed by atoms with E-state index in [0.717, 1.165) is 12.8 Å². The van der Waals surface area contributed by atoms with Gasteiger partial charge in [-0.25, -0.2) is 0 Å². The fourth-order valence-corrected chi connectivity index (χ4v) is 1.42. The van der Waals surface area contributed by atoms with Crippen LogP contribution in [0, 0.1) is 0 Å². The van der Waals surface area contributed by atoms with E-state index in [1.807, 2.05) is 38.2 Å². The molecule has 0 aliphatic rings. The molecule has 0 fully saturated rings. The maximum Gasteiger partial charge on any atom is 0.0776 e. The van der Waals surface area contributed by atoms with E-state index >= 15 is 0 Å². The Labute approximate surface area is 105 Å². The second kappa shape index (κ2) is 11.8. The lowest BCUT2D eigenvalue weighted by Crippen LogP contribution is -2.21. The van der Waals surface area contributed by atoms with Crippen LogP contribution in [0.4, 0.5) is 0 Å². The van der Waals surface area contributed by atoms with Gasteiger partial charge in [-0.1, -0.05) is 24.3 Å². The molecule has 0 saturated carbocycles. The van der Waals surface area contributed by atoms with Gasteiger partial charge in [-0.3, -0.25) is 0 Å². The quantitative estimate of drug-likeness (QED) is 0.578. The van der Waals surface area contributed by atoms with Crippen molar-refractivity contribution < 1.29 is 14.9 Å². The Morgan fingerprint density at radius 2 is 1.29 bits per heavy atom. The van der Waals surface area contributed by atoms with Gasteiger partial charge in [0.05, 0.1) is 25.4 Å². The Kier molecular flexibility index (Phi) is 11.4. The largest absolute Gasteiger partial charge is 0.391 e. The zero-order valence-electron chi connectivity index (χ0n) is 11.0. The van der Waals surface area contributed by atoms with Crippen LogP contribution in [0.5, 0.6) is 0 Å². The summed E-state index contributed by atoms with van der Waals surface area (Å²) in [7, 11) is 0. The predicted molar refractivity (Wildman–Crippen MR) is 70.9 cm³/mol. The van der Waals surface area contributed by atoms with Gasteiger partial charge in [0.15, 0.2) is 0 Å². The lowest BCUT2D eigenvalue weighted by Gasteiger charge is -2.13. The predicted octanol–water partition coefficient (Wildman–Crippen LogP) is 2.44. The molecule has 3 nitrogen and oxygen atoms in total. The van der Waals surface area contributed by atoms with Gasteiger partial charge in [0.25, 0.3) is 0 Å². The summed E-state index contributed by atoms with van der Waals surface area (Å²) in [4.78, 5) is 0. The molecule has 100 valence electrons. The molecule has 2 N–H and O–H groups in total. The van der Waals surface area contributed by atoms with E-state index in [2.05, 4.69) is 0 Å². The van der Waals surface area contributed by atoms with Crippen LogP contribution in [-0.4, -0.2) is 35.6 Å². The summed E-state index contributed by atoms with van der Waals surface area (Å²) < 4.78 is 5.27. The van der Waals surface area contributed by atoms with Crippen LogP contribution in [0.3, 0.4) is 0 Å². The van der Waals surface area contributed by atoms with Gasteiger partial charge >= 0.3 is 0 Å². The first-order chi connectivity index (χ1) is 8.20. The van der Waals surface area contributed by atoms with Crippen molar-refractivity contribution >= 4 is 0 Å². The number of allylic oxidation sites excluding steroid dienone is 4. The molecule has 2 atom stereocenters. The molecule has 0 aromatic heterocycles. The van der Waals surface area contributed by atoms with Crippen molar-refractivity contribution in [2.75, 3.05) is 13.2 Å². The van der Waals surface area contributed by atoms with Crippen LogP contribution < -0.4 is 0 Å². The highest BCUT2D eigenvalue weighted by atomic mass is 16.5. The first-order valence-electron chi connectivity index (χ1n) is 6.36. The average molecular weight is 242 g/mol. The van der Waals surface area contributed by atoms with E-state index in [1.54, 1.807) is 0 Å². The molecular formula is C14H26O3. The van der Waals surface area contributed by atoms with Crippen LogP contribution in [0.15, 0.2) is 24.3 Å². The smallest absolute Gasteiger partial charge is 0.0776 e. The van der Waals surface area contributed by atoms with Gasteiger partial charge in [0, 0.05) is 0 Å². The summed E-state index contributed by atoms with van der Waals surface area (Å²) in [5.41, 5.74) is 0. The van der Waals surface area contributed by atoms with Gasteiger partial charge < -0.3 is 14.9 Å². The Morgan fingerprint density at radius 1 is 0.882 bits per heavy atom. The molecular weight excluding hydrogens is 216 g/mol. The van der Waals surface area contributed by atoms with Crippen LogP contribution >= 0.6 is 0 Å². The number of hydrogen-bond donors (Lipinski definition) is 2. The van der Waals surface area contributed by atoms with Crippen molar-refractivity contribution in [3.63, 3.8) is 0 Å². The van der Waals surface area contributed by atoms with Crippen molar-refractivity contribution in [2.24, 2.45) is 0 Å². The molecule has 3 heteroatoms. The molecule has 0 saturated heterocycles. The average Bonchev–Trinajstić information content (AvgIpc) is 2.30. The van der Waals surface area contributed by atoms with Crippen molar-refractivity contribution in [1.29, 1.82) is 0 Å². The monoisotopic (exact) mass is 242 g/mol. The topological polar surface area (TPSA) is 49.7 Å². The summed E-state index contributed by atoms with van der Waals surface area (Å²) in [5, 5.41) is 19.1. The normalized spacial score (nSPS) is 15.8. The highest BCUT2D eigenvalue weighted by Gasteiger charge is 2.06. The first-order valence-corrected chi connectivity index (χ1v) is 6.36. The Balaban J connectivity index is 3.41. The molecule has 0 spiro atoms. The number of ether oxygens (including phenoxy) is 1. The van der Waals surface area contributed by atoms with Gasteiger partial charge in [0.1, 0.15) is 0 Å². The van der Waals surface area contributed by atoms with Gasteiger partial charge in [-0.15, -0.1) is 0 Å². The second-order valence-corrected chi connectivity index (χ2v) is 4.14. The fourth-order valence-electron chi connectivity index (χ4n) is 1.42. The van der Waals surface area contributed by atoms with Gasteiger partial charge in [-0.2, -0.15) is 0 Å². The Bertz CT molecular complexity index is 190. The van der Waals surface area contributed by atoms with Gasteiger partial charge in [-0.05, 0) is 39.5 Å². The molecule has 0 aromatic carbocycles. The molecule has 0 radical (unpaired) electrons. The third-order valence-electron chi connectivity index (χ3n) is 2.42. The summed E-state index contributed by atoms with van der Waals surface area (Å²) in [6, 6.07) is 0. The Morgan fingerprint density at radius 3 is 1.65 bits per heavy atom. The molecule has 0 aromatic rings. The SMILES string of the molecule is CC=CCCC(O)COCC(O)CCC=CC. The standard InChI is InChI=1S/C14H26O3/c1-3-5-7-9-13(15)11-17-12-14(16)10-8-6-4-2/h3-6,13-16H,7-12H2,1-2H3. The molecule has 2 unspecified atom stereocenters. The molecule has 0 aliphatic heterocycles. The number of rotatable bonds is 10. The molecule has 0 aliphatic carbocycles. The van der Waals surface area contributed by atoms with Crippen LogP contribution in [0.2, 0.25) is 0 Å². The minimum atomic E-state index is -0.436. The van der Waals surface area contributed by atoms with Crippen molar-refractivity contribution in [2.45, 2.75) is 51.7 Å². The first kappa shape index (κ1) is 16.4. The van der Waals surface area contributed by atoms with E-state index in [4.69, 9.17) is 4.74 Å². The summed E-state index contributed by atoms with van der Waals surface area (Å²) in [6.07, 6.45) is 10.3. The summed E-state index contributed by atoms with van der Waals surface area (Å²) in [5.74, 6) is 0. The Hall–Kier alpha value is -0.640. The maximum absolute atomic E-state index is 9.55. The van der Waals surface area contributed by atoms with E-state index in [-0.39, 0.29) is 0 Å². The lowest BCUT2D eigenvalue weighted by molar-refractivity contribution is -0.0111. The molecule has 0 heterocycles. The zero-order valence-corrected chi connectivity index (χ0v) is 11.0. The second-order valence-electron chi connectivity index (χ2n) is 4.14. The maximum atomic E-state index is 9.55. The molecule has 0 amide bonds. The van der Waals surface area contributed by atoms with Crippen LogP contribution in [0.25, 0.3) is 0 Å². The fraction of sp³-hybridized carbons (Fsp3) is 0.714. The number of aliphatic hydroxyl groups excluding tert-OH is 2. The van der Waals surface area contributed by atoms with E-state index in [9.17, 15) is 10.2 Å². The molecule has 0 rings (SSSR count). The highest BCUT2D eigenvalue weighted by Crippen LogP contribution is 2.02. The van der Waals surface area contributed by atoms with E-state index < -0.39 is 12.2 Å². The third-order valence-corrected chi connectivity index (χ3v) is 2.42.